The fourth-order valence-electron chi connectivity index (χ4n) is 2.87. The summed E-state index contributed by atoms with van der Waals surface area (Å²) in [6.45, 7) is 0.210. The van der Waals surface area contributed by atoms with Crippen LogP contribution < -0.4 is 15.0 Å². The number of hydrogen-bond acceptors (Lipinski definition) is 4. The van der Waals surface area contributed by atoms with E-state index in [0.29, 0.717) is 10.8 Å². The fraction of sp³-hybridized carbons (Fsp3) is 0.0526. The Morgan fingerprint density at radius 2 is 2.11 bits per heavy atom. The van der Waals surface area contributed by atoms with Crippen molar-refractivity contribution in [2.45, 2.75) is 6.54 Å². The summed E-state index contributed by atoms with van der Waals surface area (Å²) in [6.07, 6.45) is 4.41. The number of anilines is 1. The number of pyridine rings is 3. The average molecular weight is 398 g/mol. The van der Waals surface area contributed by atoms with Crippen LogP contribution >= 0.6 is 11.6 Å². The van der Waals surface area contributed by atoms with Gasteiger partial charge in [0.25, 0.3) is 11.6 Å². The van der Waals surface area contributed by atoms with E-state index in [4.69, 9.17) is 11.6 Å². The van der Waals surface area contributed by atoms with E-state index >= 15 is 0 Å². The minimum absolute atomic E-state index is 0.0173. The lowest BCUT2D eigenvalue weighted by atomic mass is 10.3. The van der Waals surface area contributed by atoms with Gasteiger partial charge in [-0.05, 0) is 18.2 Å². The third-order valence-electron chi connectivity index (χ3n) is 4.11. The SMILES string of the molecule is O=C(Nc1cc(F)ccn1)c1c([O-])[n+](Cc2ccc(Cl)nc2)c2ccccn12. The molecule has 1 N–H and O–H groups in total. The Morgan fingerprint density at radius 3 is 2.86 bits per heavy atom. The molecule has 1 amide bonds. The number of fused-ring (bicyclic) bond motifs is 1. The van der Waals surface area contributed by atoms with Gasteiger partial charge in [-0.25, -0.2) is 18.9 Å². The minimum Gasteiger partial charge on any atom is -0.839 e. The quantitative estimate of drug-likeness (QED) is 0.422. The lowest BCUT2D eigenvalue weighted by Crippen LogP contribution is -2.37. The van der Waals surface area contributed by atoms with E-state index < -0.39 is 17.6 Å². The molecule has 0 saturated heterocycles. The van der Waals surface area contributed by atoms with Crippen LogP contribution in [0.3, 0.4) is 0 Å². The van der Waals surface area contributed by atoms with E-state index in [9.17, 15) is 14.3 Å². The molecule has 0 aliphatic rings. The normalized spacial score (nSPS) is 10.9. The van der Waals surface area contributed by atoms with Crippen molar-refractivity contribution in [1.82, 2.24) is 14.4 Å². The number of imidazole rings is 1. The highest BCUT2D eigenvalue weighted by Gasteiger charge is 2.25. The number of halogens is 2. The van der Waals surface area contributed by atoms with Crippen LogP contribution in [0.4, 0.5) is 10.2 Å². The number of hydrogen-bond donors (Lipinski definition) is 1. The summed E-state index contributed by atoms with van der Waals surface area (Å²) in [4.78, 5) is 20.6. The maximum atomic E-state index is 13.3. The largest absolute Gasteiger partial charge is 0.839 e. The highest BCUT2D eigenvalue weighted by Crippen LogP contribution is 2.17. The van der Waals surface area contributed by atoms with Crippen molar-refractivity contribution < 1.29 is 18.9 Å². The zero-order valence-electron chi connectivity index (χ0n) is 14.3. The molecule has 0 unspecified atom stereocenters. The van der Waals surface area contributed by atoms with Crippen LogP contribution in [0.1, 0.15) is 16.1 Å². The molecule has 7 nitrogen and oxygen atoms in total. The number of amides is 1. The number of nitrogens with one attached hydrogen (secondary N) is 1. The smallest absolute Gasteiger partial charge is 0.300 e. The summed E-state index contributed by atoms with van der Waals surface area (Å²) in [5.74, 6) is -1.70. The Bertz CT molecular complexity index is 1180. The van der Waals surface area contributed by atoms with Gasteiger partial charge in [-0.15, -0.1) is 0 Å². The summed E-state index contributed by atoms with van der Waals surface area (Å²) < 4.78 is 16.3. The highest BCUT2D eigenvalue weighted by atomic mass is 35.5. The molecule has 0 fully saturated rings. The third kappa shape index (κ3) is 3.37. The molecular weight excluding hydrogens is 385 g/mol. The zero-order chi connectivity index (χ0) is 19.7. The monoisotopic (exact) mass is 397 g/mol. The van der Waals surface area contributed by atoms with Crippen LogP contribution in [-0.2, 0) is 6.54 Å². The molecule has 4 rings (SSSR count). The van der Waals surface area contributed by atoms with Crippen LogP contribution in [0.15, 0.2) is 61.1 Å². The molecule has 0 aliphatic heterocycles. The number of carbonyl (C=O) groups is 1. The van der Waals surface area contributed by atoms with Crippen LogP contribution in [0, 0.1) is 5.82 Å². The first kappa shape index (κ1) is 17.9. The standard InChI is InChI=1S/C19H13ClFN5O2/c20-14-5-4-12(10-23-14)11-26-16-3-1-2-8-25(16)17(19(26)28)18(27)24-15-9-13(21)6-7-22-15/h1-10H,11H2,(H-,22,24,27,28). The fourth-order valence-corrected chi connectivity index (χ4v) is 2.98. The van der Waals surface area contributed by atoms with Gasteiger partial charge in [-0.1, -0.05) is 23.7 Å². The first-order chi connectivity index (χ1) is 13.5. The van der Waals surface area contributed by atoms with Gasteiger partial charge in [-0.2, -0.15) is 4.40 Å². The van der Waals surface area contributed by atoms with Crippen molar-refractivity contribution in [3.63, 3.8) is 0 Å². The lowest BCUT2D eigenvalue weighted by molar-refractivity contribution is -0.704. The van der Waals surface area contributed by atoms with E-state index in [1.54, 1.807) is 42.7 Å². The number of rotatable bonds is 4. The second kappa shape index (κ2) is 7.24. The van der Waals surface area contributed by atoms with Gasteiger partial charge in [0.1, 0.15) is 29.2 Å². The molecule has 0 atom stereocenters. The van der Waals surface area contributed by atoms with E-state index in [1.165, 1.54) is 15.2 Å². The number of aromatic nitrogens is 4. The summed E-state index contributed by atoms with van der Waals surface area (Å²) in [5.41, 5.74) is 1.17. The molecule has 4 aromatic rings. The molecule has 0 aromatic carbocycles. The van der Waals surface area contributed by atoms with E-state index in [2.05, 4.69) is 15.3 Å². The van der Waals surface area contributed by atoms with Gasteiger partial charge < -0.3 is 10.4 Å². The Hall–Kier alpha value is -3.52. The Morgan fingerprint density at radius 1 is 1.25 bits per heavy atom. The van der Waals surface area contributed by atoms with E-state index in [1.807, 2.05) is 0 Å². The summed E-state index contributed by atoms with van der Waals surface area (Å²) in [6, 6.07) is 10.8. The Labute approximate surface area is 163 Å². The van der Waals surface area contributed by atoms with E-state index in [-0.39, 0.29) is 18.1 Å². The van der Waals surface area contributed by atoms with E-state index in [0.717, 1.165) is 17.7 Å². The van der Waals surface area contributed by atoms with Crippen molar-refractivity contribution in [2.75, 3.05) is 5.32 Å². The molecule has 0 saturated carbocycles. The number of carbonyl (C=O) groups excluding carboxylic acids is 1. The third-order valence-corrected chi connectivity index (χ3v) is 4.34. The second-order valence-electron chi connectivity index (χ2n) is 5.97. The maximum Gasteiger partial charge on any atom is 0.300 e. The molecule has 9 heteroatoms. The second-order valence-corrected chi connectivity index (χ2v) is 6.36. The maximum absolute atomic E-state index is 13.3. The molecule has 140 valence electrons. The molecule has 4 aromatic heterocycles. The molecule has 0 bridgehead atoms. The van der Waals surface area contributed by atoms with Crippen LogP contribution in [0.5, 0.6) is 5.88 Å². The predicted octanol–water partition coefficient (Wildman–Crippen LogP) is 2.18. The highest BCUT2D eigenvalue weighted by molar-refractivity contribution is 6.29. The Balaban J connectivity index is 1.75. The van der Waals surface area contributed by atoms with Gasteiger partial charge in [0, 0.05) is 30.1 Å². The zero-order valence-corrected chi connectivity index (χ0v) is 15.1. The van der Waals surface area contributed by atoms with Gasteiger partial charge in [0.15, 0.2) is 0 Å². The first-order valence-electron chi connectivity index (χ1n) is 8.26. The summed E-state index contributed by atoms with van der Waals surface area (Å²) in [5, 5.41) is 15.8. The van der Waals surface area contributed by atoms with Gasteiger partial charge in [0.05, 0.1) is 6.20 Å². The predicted molar refractivity (Wildman–Crippen MR) is 97.5 cm³/mol. The molecule has 0 aliphatic carbocycles. The molecule has 0 spiro atoms. The van der Waals surface area contributed by atoms with Gasteiger partial charge >= 0.3 is 0 Å². The van der Waals surface area contributed by atoms with Gasteiger partial charge in [-0.3, -0.25) is 4.79 Å². The molecular formula is C19H13ClFN5O2. The Kier molecular flexibility index (Phi) is 4.62. The number of nitrogens with zero attached hydrogens (tertiary/aromatic N) is 4. The molecule has 0 radical (unpaired) electrons. The minimum atomic E-state index is -0.683. The van der Waals surface area contributed by atoms with Crippen molar-refractivity contribution in [1.29, 1.82) is 0 Å². The van der Waals surface area contributed by atoms with Crippen molar-refractivity contribution in [2.24, 2.45) is 0 Å². The summed E-state index contributed by atoms with van der Waals surface area (Å²) >= 11 is 5.81. The molecule has 28 heavy (non-hydrogen) atoms. The summed E-state index contributed by atoms with van der Waals surface area (Å²) in [7, 11) is 0. The van der Waals surface area contributed by atoms with Crippen molar-refractivity contribution >= 4 is 29.0 Å². The average Bonchev–Trinajstić information content (AvgIpc) is 2.95. The van der Waals surface area contributed by atoms with Crippen LogP contribution in [0.25, 0.3) is 5.65 Å². The first-order valence-corrected chi connectivity index (χ1v) is 8.64. The van der Waals surface area contributed by atoms with Crippen LogP contribution in [-0.4, -0.2) is 20.3 Å². The van der Waals surface area contributed by atoms with Crippen molar-refractivity contribution in [3.8, 4) is 5.88 Å². The van der Waals surface area contributed by atoms with Crippen molar-refractivity contribution in [3.05, 3.63) is 83.3 Å². The topological polar surface area (TPSA) is 86.2 Å². The molecule has 4 heterocycles. The van der Waals surface area contributed by atoms with Crippen LogP contribution in [0.2, 0.25) is 5.15 Å². The lowest BCUT2D eigenvalue weighted by Gasteiger charge is -2.07. The van der Waals surface area contributed by atoms with Gasteiger partial charge in [0.2, 0.25) is 5.69 Å².